The van der Waals surface area contributed by atoms with Crippen molar-refractivity contribution in [2.75, 3.05) is 0 Å². The largest absolute Gasteiger partial charge is 0.393 e. The molecule has 0 aromatic carbocycles. The number of aliphatic hydroxyl groups is 2. The van der Waals surface area contributed by atoms with Crippen molar-refractivity contribution in [3.8, 4) is 0 Å². The van der Waals surface area contributed by atoms with Gasteiger partial charge in [-0.3, -0.25) is 0 Å². The molecule has 0 spiro atoms. The van der Waals surface area contributed by atoms with Gasteiger partial charge in [-0.1, -0.05) is 27.7 Å². The van der Waals surface area contributed by atoms with Gasteiger partial charge in [-0.05, 0) is 53.8 Å². The van der Waals surface area contributed by atoms with Gasteiger partial charge in [0.2, 0.25) is 0 Å². The van der Waals surface area contributed by atoms with E-state index >= 15 is 0 Å². The Morgan fingerprint density at radius 3 is 2.29 bits per heavy atom. The first-order valence-corrected chi connectivity index (χ1v) is 7.17. The van der Waals surface area contributed by atoms with Gasteiger partial charge in [0.1, 0.15) is 0 Å². The third-order valence-electron chi connectivity index (χ3n) is 6.66. The quantitative estimate of drug-likeness (QED) is 0.736. The molecule has 0 saturated heterocycles. The lowest BCUT2D eigenvalue weighted by molar-refractivity contribution is -0.177. The molecule has 0 aliphatic heterocycles. The van der Waals surface area contributed by atoms with Crippen molar-refractivity contribution in [3.05, 3.63) is 0 Å². The molecule has 7 atom stereocenters. The summed E-state index contributed by atoms with van der Waals surface area (Å²) >= 11 is 0. The van der Waals surface area contributed by atoms with Crippen LogP contribution >= 0.6 is 0 Å². The summed E-state index contributed by atoms with van der Waals surface area (Å²) in [6.45, 7) is 9.02. The molecule has 4 fully saturated rings. The monoisotopic (exact) mass is 238 g/mol. The summed E-state index contributed by atoms with van der Waals surface area (Å²) in [5.41, 5.74) is 0.0481. The molecule has 4 aliphatic carbocycles. The van der Waals surface area contributed by atoms with E-state index in [0.717, 1.165) is 12.8 Å². The highest BCUT2D eigenvalue weighted by atomic mass is 16.3. The van der Waals surface area contributed by atoms with Gasteiger partial charge in [0, 0.05) is 0 Å². The zero-order chi connectivity index (χ0) is 12.6. The van der Waals surface area contributed by atoms with Crippen LogP contribution in [0.1, 0.15) is 47.0 Å². The number of rotatable bonds is 1. The lowest BCUT2D eigenvalue weighted by Crippen LogP contribution is -2.59. The SMILES string of the molecule is CC(C)[C@@H]1C[C@H]2[C@]3(C)CC(O)[C@@]2(C)C[C@H]1[C@@H]3O. The Hall–Kier alpha value is -0.0800. The fourth-order valence-electron chi connectivity index (χ4n) is 5.63. The summed E-state index contributed by atoms with van der Waals surface area (Å²) < 4.78 is 0. The second-order valence-electron chi connectivity index (χ2n) is 7.74. The van der Waals surface area contributed by atoms with Gasteiger partial charge in [-0.2, -0.15) is 0 Å². The van der Waals surface area contributed by atoms with E-state index in [1.807, 2.05) is 0 Å². The van der Waals surface area contributed by atoms with Crippen molar-refractivity contribution in [1.82, 2.24) is 0 Å². The fourth-order valence-corrected chi connectivity index (χ4v) is 5.63. The molecule has 1 unspecified atom stereocenters. The third kappa shape index (κ3) is 1.24. The summed E-state index contributed by atoms with van der Waals surface area (Å²) in [6.07, 6.45) is 2.64. The van der Waals surface area contributed by atoms with E-state index in [9.17, 15) is 10.2 Å². The molecule has 17 heavy (non-hydrogen) atoms. The summed E-state index contributed by atoms with van der Waals surface area (Å²) in [5.74, 6) is 2.23. The van der Waals surface area contributed by atoms with E-state index in [0.29, 0.717) is 23.7 Å². The fraction of sp³-hybridized carbons (Fsp3) is 1.00. The van der Waals surface area contributed by atoms with Crippen molar-refractivity contribution >= 4 is 0 Å². The molecule has 0 heterocycles. The zero-order valence-electron chi connectivity index (χ0n) is 11.5. The van der Waals surface area contributed by atoms with Gasteiger partial charge >= 0.3 is 0 Å². The van der Waals surface area contributed by atoms with Crippen LogP contribution in [0.25, 0.3) is 0 Å². The van der Waals surface area contributed by atoms with Crippen LogP contribution in [0.2, 0.25) is 0 Å². The summed E-state index contributed by atoms with van der Waals surface area (Å²) in [4.78, 5) is 0. The van der Waals surface area contributed by atoms with Gasteiger partial charge in [0.05, 0.1) is 12.2 Å². The second-order valence-corrected chi connectivity index (χ2v) is 7.74. The molecule has 0 radical (unpaired) electrons. The van der Waals surface area contributed by atoms with E-state index in [4.69, 9.17) is 0 Å². The average molecular weight is 238 g/mol. The van der Waals surface area contributed by atoms with Crippen LogP contribution < -0.4 is 0 Å². The van der Waals surface area contributed by atoms with Gasteiger partial charge in [-0.25, -0.2) is 0 Å². The molecule has 4 aliphatic rings. The van der Waals surface area contributed by atoms with Gasteiger partial charge in [-0.15, -0.1) is 0 Å². The maximum Gasteiger partial charge on any atom is 0.0628 e. The highest BCUT2D eigenvalue weighted by molar-refractivity contribution is 5.18. The predicted octanol–water partition coefficient (Wildman–Crippen LogP) is 2.44. The van der Waals surface area contributed by atoms with Crippen molar-refractivity contribution in [2.24, 2.45) is 34.5 Å². The predicted molar refractivity (Wildman–Crippen MR) is 67.4 cm³/mol. The Balaban J connectivity index is 2.02. The van der Waals surface area contributed by atoms with E-state index in [1.54, 1.807) is 0 Å². The topological polar surface area (TPSA) is 40.5 Å². The van der Waals surface area contributed by atoms with Gasteiger partial charge in [0.25, 0.3) is 0 Å². The standard InChI is InChI=1S/C15H26O2/c1-8(2)9-5-11-14(3)6-10(9)13(17)15(11,4)7-12(14)16/h8-13,16-17H,5-7H2,1-4H3/t9-,10+,11+,12?,13-,14-,15-/m0/s1. The van der Waals surface area contributed by atoms with Crippen LogP contribution in [-0.2, 0) is 0 Å². The van der Waals surface area contributed by atoms with Crippen LogP contribution in [0.4, 0.5) is 0 Å². The van der Waals surface area contributed by atoms with E-state index in [2.05, 4.69) is 27.7 Å². The number of fused-ring (bicyclic) bond motifs is 1. The maximum absolute atomic E-state index is 10.7. The Labute approximate surface area is 104 Å². The van der Waals surface area contributed by atoms with Crippen LogP contribution in [0.15, 0.2) is 0 Å². The minimum absolute atomic E-state index is 0.0253. The van der Waals surface area contributed by atoms with E-state index in [1.165, 1.54) is 6.42 Å². The lowest BCUT2D eigenvalue weighted by atomic mass is 9.46. The van der Waals surface area contributed by atoms with E-state index < -0.39 is 0 Å². The summed E-state index contributed by atoms with van der Waals surface area (Å²) in [5, 5.41) is 21.1. The molecular formula is C15H26O2. The smallest absolute Gasteiger partial charge is 0.0628 e. The molecule has 2 heteroatoms. The lowest BCUT2D eigenvalue weighted by Gasteiger charge is -2.60. The first-order chi connectivity index (χ1) is 7.80. The Morgan fingerprint density at radius 2 is 1.71 bits per heavy atom. The molecule has 98 valence electrons. The molecule has 0 aromatic rings. The van der Waals surface area contributed by atoms with Crippen molar-refractivity contribution < 1.29 is 10.2 Å². The van der Waals surface area contributed by atoms with Crippen LogP contribution in [0.3, 0.4) is 0 Å². The number of aliphatic hydroxyl groups excluding tert-OH is 2. The number of hydrogen-bond acceptors (Lipinski definition) is 2. The third-order valence-corrected chi connectivity index (χ3v) is 6.66. The molecule has 4 saturated carbocycles. The molecular weight excluding hydrogens is 212 g/mol. The first-order valence-electron chi connectivity index (χ1n) is 7.17. The number of hydrogen-bond donors (Lipinski definition) is 2. The molecule has 0 amide bonds. The average Bonchev–Trinajstić information content (AvgIpc) is 2.40. The van der Waals surface area contributed by atoms with Crippen LogP contribution in [0.5, 0.6) is 0 Å². The Bertz CT molecular complexity index is 340. The van der Waals surface area contributed by atoms with Gasteiger partial charge < -0.3 is 10.2 Å². The van der Waals surface area contributed by atoms with Crippen molar-refractivity contribution in [1.29, 1.82) is 0 Å². The Morgan fingerprint density at radius 1 is 1.06 bits per heavy atom. The molecule has 2 nitrogen and oxygen atoms in total. The van der Waals surface area contributed by atoms with Crippen LogP contribution in [-0.4, -0.2) is 22.4 Å². The second kappa shape index (κ2) is 3.27. The minimum atomic E-state index is -0.203. The minimum Gasteiger partial charge on any atom is -0.393 e. The molecule has 4 rings (SSSR count). The normalized spacial score (nSPS) is 61.2. The van der Waals surface area contributed by atoms with E-state index in [-0.39, 0.29) is 23.0 Å². The van der Waals surface area contributed by atoms with Gasteiger partial charge in [0.15, 0.2) is 0 Å². The zero-order valence-corrected chi connectivity index (χ0v) is 11.5. The molecule has 4 bridgehead atoms. The highest BCUT2D eigenvalue weighted by Gasteiger charge is 2.69. The Kier molecular flexibility index (Phi) is 2.30. The maximum atomic E-state index is 10.7. The molecule has 0 aromatic heterocycles. The van der Waals surface area contributed by atoms with Crippen molar-refractivity contribution in [3.63, 3.8) is 0 Å². The first kappa shape index (κ1) is 12.0. The summed E-state index contributed by atoms with van der Waals surface area (Å²) in [6, 6.07) is 0. The molecule has 2 N–H and O–H groups in total. The van der Waals surface area contributed by atoms with Crippen molar-refractivity contribution in [2.45, 2.75) is 59.2 Å². The summed E-state index contributed by atoms with van der Waals surface area (Å²) in [7, 11) is 0. The van der Waals surface area contributed by atoms with Crippen LogP contribution in [0, 0.1) is 34.5 Å². The highest BCUT2D eigenvalue weighted by Crippen LogP contribution is 2.70.